The lowest BCUT2D eigenvalue weighted by molar-refractivity contribution is 0.329. The van der Waals surface area contributed by atoms with Crippen LogP contribution in [0.2, 0.25) is 0 Å². The largest absolute Gasteiger partial charge is 0.381 e. The SMILES string of the molecule is Brc1ccc2c(c1)C1(CCSCC1)C(C1CC1)N2. The minimum Gasteiger partial charge on any atom is -0.381 e. The van der Waals surface area contributed by atoms with Gasteiger partial charge in [0.2, 0.25) is 0 Å². The number of benzene rings is 1. The van der Waals surface area contributed by atoms with Gasteiger partial charge in [0.25, 0.3) is 0 Å². The highest BCUT2D eigenvalue weighted by atomic mass is 79.9. The van der Waals surface area contributed by atoms with E-state index < -0.39 is 0 Å². The van der Waals surface area contributed by atoms with E-state index in [1.54, 1.807) is 5.56 Å². The first-order valence-electron chi connectivity index (χ1n) is 6.94. The lowest BCUT2D eigenvalue weighted by atomic mass is 9.70. The zero-order valence-corrected chi connectivity index (χ0v) is 12.8. The number of thioether (sulfide) groups is 1. The highest BCUT2D eigenvalue weighted by Gasteiger charge is 2.52. The van der Waals surface area contributed by atoms with Crippen LogP contribution in [0.5, 0.6) is 0 Å². The highest BCUT2D eigenvalue weighted by Crippen LogP contribution is 2.55. The lowest BCUT2D eigenvalue weighted by Gasteiger charge is -2.39. The molecule has 1 aromatic carbocycles. The van der Waals surface area contributed by atoms with Gasteiger partial charge in [0.05, 0.1) is 0 Å². The molecule has 1 unspecified atom stereocenters. The van der Waals surface area contributed by atoms with Crippen LogP contribution < -0.4 is 5.32 Å². The molecule has 1 aliphatic carbocycles. The molecule has 0 aromatic heterocycles. The maximum atomic E-state index is 3.85. The predicted octanol–water partition coefficient (Wildman–Crippen LogP) is 4.42. The predicted molar refractivity (Wildman–Crippen MR) is 82.5 cm³/mol. The Labute approximate surface area is 121 Å². The van der Waals surface area contributed by atoms with Crippen LogP contribution in [0, 0.1) is 5.92 Å². The summed E-state index contributed by atoms with van der Waals surface area (Å²) in [6.07, 6.45) is 5.58. The van der Waals surface area contributed by atoms with E-state index in [0.29, 0.717) is 11.5 Å². The second kappa shape index (κ2) is 4.17. The average molecular weight is 324 g/mol. The third-order valence-corrected chi connectivity index (χ3v) is 6.38. The van der Waals surface area contributed by atoms with Gasteiger partial charge in [0.15, 0.2) is 0 Å². The molecule has 3 aliphatic rings. The normalized spacial score (nSPS) is 29.1. The van der Waals surface area contributed by atoms with Crippen molar-refractivity contribution in [2.24, 2.45) is 5.92 Å². The molecule has 18 heavy (non-hydrogen) atoms. The average Bonchev–Trinajstić information content (AvgIpc) is 3.18. The van der Waals surface area contributed by atoms with Crippen LogP contribution in [0.1, 0.15) is 31.2 Å². The van der Waals surface area contributed by atoms with Gasteiger partial charge in [0.1, 0.15) is 0 Å². The van der Waals surface area contributed by atoms with Crippen LogP contribution in [0.15, 0.2) is 22.7 Å². The molecule has 2 fully saturated rings. The van der Waals surface area contributed by atoms with Crippen LogP contribution in [0.4, 0.5) is 5.69 Å². The van der Waals surface area contributed by atoms with Crippen molar-refractivity contribution in [3.63, 3.8) is 0 Å². The fourth-order valence-corrected chi connectivity index (χ4v) is 5.42. The molecule has 3 heteroatoms. The Bertz CT molecular complexity index is 477. The van der Waals surface area contributed by atoms with Crippen LogP contribution >= 0.6 is 27.7 Å². The van der Waals surface area contributed by atoms with E-state index in [0.717, 1.165) is 5.92 Å². The monoisotopic (exact) mass is 323 g/mol. The van der Waals surface area contributed by atoms with E-state index in [1.165, 1.54) is 47.3 Å². The second-order valence-corrected chi connectivity index (χ2v) is 8.06. The topological polar surface area (TPSA) is 12.0 Å². The van der Waals surface area contributed by atoms with Crippen molar-refractivity contribution in [1.29, 1.82) is 0 Å². The summed E-state index contributed by atoms with van der Waals surface area (Å²) < 4.78 is 1.23. The molecule has 2 aliphatic heterocycles. The summed E-state index contributed by atoms with van der Waals surface area (Å²) in [5, 5.41) is 3.85. The third-order valence-electron chi connectivity index (χ3n) is 4.90. The molecule has 0 bridgehead atoms. The number of halogens is 1. The van der Waals surface area contributed by atoms with Gasteiger partial charge in [-0.1, -0.05) is 15.9 Å². The minimum atomic E-state index is 0.436. The van der Waals surface area contributed by atoms with Crippen molar-refractivity contribution < 1.29 is 0 Å². The zero-order valence-electron chi connectivity index (χ0n) is 10.4. The van der Waals surface area contributed by atoms with Crippen molar-refractivity contribution in [2.75, 3.05) is 16.8 Å². The molecule has 4 rings (SSSR count). The number of fused-ring (bicyclic) bond motifs is 2. The lowest BCUT2D eigenvalue weighted by Crippen LogP contribution is -2.43. The van der Waals surface area contributed by atoms with Gasteiger partial charge in [-0.15, -0.1) is 0 Å². The maximum absolute atomic E-state index is 3.85. The summed E-state index contributed by atoms with van der Waals surface area (Å²) in [5.74, 6) is 3.59. The Morgan fingerprint density at radius 2 is 2.00 bits per heavy atom. The number of rotatable bonds is 1. The first-order valence-corrected chi connectivity index (χ1v) is 8.89. The summed E-state index contributed by atoms with van der Waals surface area (Å²) in [7, 11) is 0. The Morgan fingerprint density at radius 1 is 1.22 bits per heavy atom. The van der Waals surface area contributed by atoms with Gasteiger partial charge >= 0.3 is 0 Å². The Morgan fingerprint density at radius 3 is 2.72 bits per heavy atom. The standard InChI is InChI=1S/C15H18BrNS/c16-11-3-4-13-12(9-11)15(5-7-18-8-6-15)14(17-13)10-1-2-10/h3-4,9-10,14,17H,1-2,5-8H2. The van der Waals surface area contributed by atoms with Crippen LogP contribution in [0.25, 0.3) is 0 Å². The van der Waals surface area contributed by atoms with Gasteiger partial charge in [-0.3, -0.25) is 0 Å². The molecule has 1 spiro atoms. The molecule has 1 saturated carbocycles. The van der Waals surface area contributed by atoms with Crippen LogP contribution in [-0.2, 0) is 5.41 Å². The summed E-state index contributed by atoms with van der Waals surface area (Å²) >= 11 is 5.78. The molecule has 1 N–H and O–H groups in total. The Kier molecular flexibility index (Phi) is 2.70. The van der Waals surface area contributed by atoms with E-state index in [-0.39, 0.29) is 0 Å². The van der Waals surface area contributed by atoms with Crippen molar-refractivity contribution in [2.45, 2.75) is 37.1 Å². The smallest absolute Gasteiger partial charge is 0.0387 e. The number of hydrogen-bond acceptors (Lipinski definition) is 2. The third kappa shape index (κ3) is 1.66. The molecule has 2 heterocycles. The molecule has 1 aromatic rings. The fourth-order valence-electron chi connectivity index (χ4n) is 3.84. The van der Waals surface area contributed by atoms with E-state index in [2.05, 4.69) is 51.2 Å². The van der Waals surface area contributed by atoms with Gasteiger partial charge in [-0.25, -0.2) is 0 Å². The minimum absolute atomic E-state index is 0.436. The first-order chi connectivity index (χ1) is 8.79. The molecule has 0 amide bonds. The zero-order chi connectivity index (χ0) is 12.2. The Balaban J connectivity index is 1.82. The Hall–Kier alpha value is -0.150. The van der Waals surface area contributed by atoms with E-state index >= 15 is 0 Å². The fraction of sp³-hybridized carbons (Fsp3) is 0.600. The molecule has 1 saturated heterocycles. The van der Waals surface area contributed by atoms with Gasteiger partial charge < -0.3 is 5.32 Å². The van der Waals surface area contributed by atoms with Crippen molar-refractivity contribution in [3.05, 3.63) is 28.2 Å². The van der Waals surface area contributed by atoms with Crippen molar-refractivity contribution in [1.82, 2.24) is 0 Å². The van der Waals surface area contributed by atoms with Crippen LogP contribution in [-0.4, -0.2) is 17.5 Å². The van der Waals surface area contributed by atoms with Gasteiger partial charge in [-0.2, -0.15) is 11.8 Å². The first kappa shape index (κ1) is 11.7. The van der Waals surface area contributed by atoms with E-state index in [1.807, 2.05) is 0 Å². The second-order valence-electron chi connectivity index (χ2n) is 5.92. The molecular weight excluding hydrogens is 306 g/mol. The number of hydrogen-bond donors (Lipinski definition) is 1. The number of anilines is 1. The highest BCUT2D eigenvalue weighted by molar-refractivity contribution is 9.10. The molecule has 1 nitrogen and oxygen atoms in total. The molecule has 96 valence electrons. The quantitative estimate of drug-likeness (QED) is 0.821. The molecule has 1 atom stereocenters. The molecule has 0 radical (unpaired) electrons. The summed E-state index contributed by atoms with van der Waals surface area (Å²) in [6, 6.07) is 7.53. The summed E-state index contributed by atoms with van der Waals surface area (Å²) in [4.78, 5) is 0. The van der Waals surface area contributed by atoms with E-state index in [9.17, 15) is 0 Å². The van der Waals surface area contributed by atoms with Gasteiger partial charge in [0, 0.05) is 21.6 Å². The molecular formula is C15H18BrNS. The van der Waals surface area contributed by atoms with Crippen LogP contribution in [0.3, 0.4) is 0 Å². The maximum Gasteiger partial charge on any atom is 0.0387 e. The van der Waals surface area contributed by atoms with Gasteiger partial charge in [-0.05, 0) is 66.9 Å². The summed E-state index contributed by atoms with van der Waals surface area (Å²) in [5.41, 5.74) is 3.43. The number of nitrogens with one attached hydrogen (secondary N) is 1. The van der Waals surface area contributed by atoms with Crippen molar-refractivity contribution in [3.8, 4) is 0 Å². The van der Waals surface area contributed by atoms with E-state index in [4.69, 9.17) is 0 Å². The summed E-state index contributed by atoms with van der Waals surface area (Å²) in [6.45, 7) is 0. The van der Waals surface area contributed by atoms with Crippen molar-refractivity contribution >= 4 is 33.4 Å².